The van der Waals surface area contributed by atoms with Gasteiger partial charge in [0, 0.05) is 13.0 Å². The molecule has 0 bridgehead atoms. The maximum Gasteiger partial charge on any atom is 0.306 e. The summed E-state index contributed by atoms with van der Waals surface area (Å²) in [5, 5.41) is 39.9. The first-order valence-electron chi connectivity index (χ1n) is 19.1. The standard InChI is InChI=1S/C39H70O9/c1-3-5-7-9-11-13-14-15-16-17-18-19-21-23-25-27-29-45-31-33(32-46-39-38(44)37(43)36(42)34(30-40)48-39)47-35(41)28-26-24-22-20-12-10-8-6-4-2/h5,7,11,13,15-16,33-34,36-40,42-44H,3-4,6,8-10,12,14,17-32H2,1-2H3/b7-5-,13-11-,16-15-. The minimum absolute atomic E-state index is 0.118. The number of hydrogen-bond donors (Lipinski definition) is 4. The van der Waals surface area contributed by atoms with Gasteiger partial charge in [-0.2, -0.15) is 0 Å². The third-order valence-electron chi connectivity index (χ3n) is 8.57. The Morgan fingerprint density at radius 3 is 1.92 bits per heavy atom. The first-order chi connectivity index (χ1) is 23.4. The fourth-order valence-corrected chi connectivity index (χ4v) is 5.56. The van der Waals surface area contributed by atoms with Gasteiger partial charge in [-0.1, -0.05) is 127 Å². The molecule has 6 atom stereocenters. The lowest BCUT2D eigenvalue weighted by molar-refractivity contribution is -0.305. The maximum absolute atomic E-state index is 12.6. The lowest BCUT2D eigenvalue weighted by Gasteiger charge is -2.39. The van der Waals surface area contributed by atoms with E-state index in [0.717, 1.165) is 64.2 Å². The van der Waals surface area contributed by atoms with Crippen molar-refractivity contribution in [2.45, 2.75) is 179 Å². The average Bonchev–Trinajstić information content (AvgIpc) is 3.08. The first-order valence-corrected chi connectivity index (χ1v) is 19.1. The molecule has 9 heteroatoms. The van der Waals surface area contributed by atoms with Crippen molar-refractivity contribution in [3.63, 3.8) is 0 Å². The van der Waals surface area contributed by atoms with E-state index in [2.05, 4.69) is 50.3 Å². The smallest absolute Gasteiger partial charge is 0.306 e. The lowest BCUT2D eigenvalue weighted by Crippen LogP contribution is -2.59. The Bertz CT molecular complexity index is 828. The van der Waals surface area contributed by atoms with Gasteiger partial charge in [0.05, 0.1) is 19.8 Å². The van der Waals surface area contributed by atoms with Crippen LogP contribution in [0.25, 0.3) is 0 Å². The van der Waals surface area contributed by atoms with Gasteiger partial charge in [0.2, 0.25) is 0 Å². The summed E-state index contributed by atoms with van der Waals surface area (Å²) in [6, 6.07) is 0. The van der Waals surface area contributed by atoms with Gasteiger partial charge < -0.3 is 39.4 Å². The number of esters is 1. The Labute approximate surface area is 291 Å². The Kier molecular flexibility index (Phi) is 29.1. The number of aliphatic hydroxyl groups excluding tert-OH is 4. The summed E-state index contributed by atoms with van der Waals surface area (Å²) in [7, 11) is 0. The molecular formula is C39H70O9. The molecule has 9 nitrogen and oxygen atoms in total. The van der Waals surface area contributed by atoms with Gasteiger partial charge >= 0.3 is 5.97 Å². The van der Waals surface area contributed by atoms with Crippen LogP contribution in [0.5, 0.6) is 0 Å². The minimum Gasteiger partial charge on any atom is -0.457 e. The summed E-state index contributed by atoms with van der Waals surface area (Å²) in [6.45, 7) is 4.38. The van der Waals surface area contributed by atoms with E-state index in [1.165, 1.54) is 57.8 Å². The van der Waals surface area contributed by atoms with Crippen LogP contribution in [0.15, 0.2) is 36.5 Å². The number of carbonyl (C=O) groups excluding carboxylic acids is 1. The van der Waals surface area contributed by atoms with Crippen LogP contribution in [-0.2, 0) is 23.7 Å². The van der Waals surface area contributed by atoms with E-state index in [-0.39, 0.29) is 19.2 Å². The van der Waals surface area contributed by atoms with Crippen LogP contribution in [0.1, 0.15) is 142 Å². The van der Waals surface area contributed by atoms with Crippen molar-refractivity contribution < 1.29 is 44.2 Å². The highest BCUT2D eigenvalue weighted by molar-refractivity contribution is 5.69. The molecule has 0 spiro atoms. The van der Waals surface area contributed by atoms with Crippen molar-refractivity contribution in [2.24, 2.45) is 0 Å². The van der Waals surface area contributed by atoms with Crippen molar-refractivity contribution in [1.29, 1.82) is 0 Å². The van der Waals surface area contributed by atoms with E-state index in [1.54, 1.807) is 0 Å². The zero-order valence-corrected chi connectivity index (χ0v) is 30.2. The predicted molar refractivity (Wildman–Crippen MR) is 192 cm³/mol. The van der Waals surface area contributed by atoms with Crippen molar-refractivity contribution in [3.05, 3.63) is 36.5 Å². The molecular weight excluding hydrogens is 612 g/mol. The molecule has 1 heterocycles. The molecule has 1 saturated heterocycles. The molecule has 6 unspecified atom stereocenters. The van der Waals surface area contributed by atoms with Crippen LogP contribution in [0.4, 0.5) is 0 Å². The quantitative estimate of drug-likeness (QED) is 0.0339. The lowest BCUT2D eigenvalue weighted by atomic mass is 9.99. The summed E-state index contributed by atoms with van der Waals surface area (Å²) >= 11 is 0. The van der Waals surface area contributed by atoms with E-state index >= 15 is 0 Å². The number of ether oxygens (including phenoxy) is 4. The van der Waals surface area contributed by atoms with Gasteiger partial charge in [-0.25, -0.2) is 0 Å². The van der Waals surface area contributed by atoms with Gasteiger partial charge in [-0.05, 0) is 44.9 Å². The van der Waals surface area contributed by atoms with Crippen LogP contribution in [0.2, 0.25) is 0 Å². The Hall–Kier alpha value is -1.59. The fraction of sp³-hybridized carbons (Fsp3) is 0.821. The Morgan fingerprint density at radius 2 is 1.27 bits per heavy atom. The molecule has 1 fully saturated rings. The van der Waals surface area contributed by atoms with Crippen molar-refractivity contribution in [2.75, 3.05) is 26.4 Å². The molecule has 4 N–H and O–H groups in total. The second-order valence-corrected chi connectivity index (χ2v) is 13.0. The molecule has 48 heavy (non-hydrogen) atoms. The number of carbonyl (C=O) groups is 1. The van der Waals surface area contributed by atoms with Crippen molar-refractivity contribution in [1.82, 2.24) is 0 Å². The summed E-state index contributed by atoms with van der Waals surface area (Å²) in [5.74, 6) is -0.324. The average molecular weight is 683 g/mol. The topological polar surface area (TPSA) is 135 Å². The third kappa shape index (κ3) is 22.9. The van der Waals surface area contributed by atoms with Crippen LogP contribution in [0.3, 0.4) is 0 Å². The van der Waals surface area contributed by atoms with Gasteiger partial charge in [-0.3, -0.25) is 4.79 Å². The molecule has 0 aromatic carbocycles. The zero-order valence-electron chi connectivity index (χ0n) is 30.2. The third-order valence-corrected chi connectivity index (χ3v) is 8.57. The second-order valence-electron chi connectivity index (χ2n) is 13.0. The highest BCUT2D eigenvalue weighted by Gasteiger charge is 2.44. The van der Waals surface area contributed by atoms with Crippen LogP contribution < -0.4 is 0 Å². The predicted octanol–water partition coefficient (Wildman–Crippen LogP) is 7.24. The van der Waals surface area contributed by atoms with Crippen molar-refractivity contribution >= 4 is 5.97 Å². The fourth-order valence-electron chi connectivity index (χ4n) is 5.56. The number of hydrogen-bond acceptors (Lipinski definition) is 9. The molecule has 0 aromatic rings. The van der Waals surface area contributed by atoms with Crippen LogP contribution >= 0.6 is 0 Å². The Balaban J connectivity index is 2.32. The largest absolute Gasteiger partial charge is 0.457 e. The second kappa shape index (κ2) is 31.4. The van der Waals surface area contributed by atoms with Crippen molar-refractivity contribution in [3.8, 4) is 0 Å². The monoisotopic (exact) mass is 683 g/mol. The van der Waals surface area contributed by atoms with Gasteiger partial charge in [-0.15, -0.1) is 0 Å². The SMILES string of the molecule is CC/C=C\C/C=C\C/C=C\CCCCCCCCOCC(COC1OC(CO)C(O)C(O)C1O)OC(=O)CCCCCCCCCCC. The highest BCUT2D eigenvalue weighted by atomic mass is 16.7. The van der Waals surface area contributed by atoms with Gasteiger partial charge in [0.15, 0.2) is 6.29 Å². The molecule has 0 aromatic heterocycles. The molecule has 0 radical (unpaired) electrons. The van der Waals surface area contributed by atoms with Gasteiger partial charge in [0.25, 0.3) is 0 Å². The maximum atomic E-state index is 12.6. The first kappa shape index (κ1) is 44.4. The molecule has 280 valence electrons. The van der Waals surface area contributed by atoms with Crippen LogP contribution in [0, 0.1) is 0 Å². The minimum atomic E-state index is -1.54. The summed E-state index contributed by atoms with van der Waals surface area (Å²) < 4.78 is 22.6. The van der Waals surface area contributed by atoms with E-state index in [9.17, 15) is 25.2 Å². The van der Waals surface area contributed by atoms with Crippen LogP contribution in [-0.4, -0.2) is 89.6 Å². The number of unbranched alkanes of at least 4 members (excludes halogenated alkanes) is 14. The molecule has 0 aliphatic carbocycles. The summed E-state index contributed by atoms with van der Waals surface area (Å²) in [6.07, 6.45) is 27.5. The summed E-state index contributed by atoms with van der Waals surface area (Å²) in [5.41, 5.74) is 0. The normalized spacial score (nSPS) is 22.3. The molecule has 0 saturated carbocycles. The van der Waals surface area contributed by atoms with E-state index < -0.39 is 43.4 Å². The van der Waals surface area contributed by atoms with E-state index in [1.807, 2.05) is 0 Å². The highest BCUT2D eigenvalue weighted by Crippen LogP contribution is 2.22. The molecule has 1 rings (SSSR count). The number of aliphatic hydroxyl groups is 4. The molecule has 1 aliphatic heterocycles. The van der Waals surface area contributed by atoms with E-state index in [0.29, 0.717) is 13.0 Å². The molecule has 0 amide bonds. The zero-order chi connectivity index (χ0) is 35.1. The number of rotatable bonds is 31. The van der Waals surface area contributed by atoms with E-state index in [4.69, 9.17) is 18.9 Å². The molecule has 1 aliphatic rings. The van der Waals surface area contributed by atoms with Gasteiger partial charge in [0.1, 0.15) is 30.5 Å². The number of allylic oxidation sites excluding steroid dienone is 6. The Morgan fingerprint density at radius 1 is 0.688 bits per heavy atom. The summed E-state index contributed by atoms with van der Waals surface area (Å²) in [4.78, 5) is 12.6.